The maximum Gasteiger partial charge on any atom is 0.247 e. The van der Waals surface area contributed by atoms with Gasteiger partial charge in [0.2, 0.25) is 5.91 Å². The predicted octanol–water partition coefficient (Wildman–Crippen LogP) is 4.61. The van der Waals surface area contributed by atoms with Crippen LogP contribution >= 0.6 is 0 Å². The molecule has 1 aromatic rings. The van der Waals surface area contributed by atoms with E-state index < -0.39 is 0 Å². The Morgan fingerprint density at radius 1 is 0.880 bits per heavy atom. The molecule has 0 heterocycles. The van der Waals surface area contributed by atoms with Crippen molar-refractivity contribution in [3.63, 3.8) is 0 Å². The number of rotatable bonds is 4. The normalized spacial score (nSPS) is 20.0. The summed E-state index contributed by atoms with van der Waals surface area (Å²) in [6, 6.07) is 5.37. The van der Waals surface area contributed by atoms with E-state index in [2.05, 4.69) is 4.90 Å². The number of benzene rings is 1. The molecule has 0 spiro atoms. The highest BCUT2D eigenvalue weighted by Crippen LogP contribution is 2.31. The van der Waals surface area contributed by atoms with E-state index in [0.29, 0.717) is 12.1 Å². The van der Waals surface area contributed by atoms with Crippen molar-refractivity contribution in [3.05, 3.63) is 29.8 Å². The standard InChI is InChI=1S/C21H29NO3/c23-19-13-11-16(15-20(19)24)12-14-21(25)22(17-7-3-1-4-8-17)18-9-5-2-6-10-18/h11-15,17-18,23-24H,1-10H2/b14-12+. The Morgan fingerprint density at radius 3 is 1.96 bits per heavy atom. The second-order valence-electron chi connectivity index (χ2n) is 7.41. The first kappa shape index (κ1) is 17.8. The first-order valence-electron chi connectivity index (χ1n) is 9.67. The van der Waals surface area contributed by atoms with Gasteiger partial charge < -0.3 is 15.1 Å². The zero-order valence-corrected chi connectivity index (χ0v) is 14.9. The lowest BCUT2D eigenvalue weighted by Gasteiger charge is -2.41. The number of aromatic hydroxyl groups is 2. The van der Waals surface area contributed by atoms with E-state index in [4.69, 9.17) is 0 Å². The third kappa shape index (κ3) is 4.56. The van der Waals surface area contributed by atoms with Gasteiger partial charge >= 0.3 is 0 Å². The molecule has 25 heavy (non-hydrogen) atoms. The number of carbonyl (C=O) groups is 1. The van der Waals surface area contributed by atoms with Crippen LogP contribution in [-0.4, -0.2) is 33.1 Å². The summed E-state index contributed by atoms with van der Waals surface area (Å²) in [7, 11) is 0. The molecule has 2 N–H and O–H groups in total. The average molecular weight is 343 g/mol. The van der Waals surface area contributed by atoms with Gasteiger partial charge in [-0.25, -0.2) is 0 Å². The summed E-state index contributed by atoms with van der Waals surface area (Å²) in [5, 5.41) is 19.0. The Morgan fingerprint density at radius 2 is 1.44 bits per heavy atom. The van der Waals surface area contributed by atoms with E-state index in [1.165, 1.54) is 50.7 Å². The summed E-state index contributed by atoms with van der Waals surface area (Å²) in [5.41, 5.74) is 0.718. The lowest BCUT2D eigenvalue weighted by Crippen LogP contribution is -2.48. The summed E-state index contributed by atoms with van der Waals surface area (Å²) < 4.78 is 0. The molecule has 2 aliphatic rings. The smallest absolute Gasteiger partial charge is 0.247 e. The SMILES string of the molecule is O=C(/C=C/c1ccc(O)c(O)c1)N(C1CCCCC1)C1CCCCC1. The zero-order chi connectivity index (χ0) is 17.6. The number of carbonyl (C=O) groups excluding carboxylic acids is 1. The molecule has 136 valence electrons. The van der Waals surface area contributed by atoms with Crippen molar-refractivity contribution in [1.29, 1.82) is 0 Å². The number of phenolic OH excluding ortho intramolecular Hbond substituents is 2. The van der Waals surface area contributed by atoms with Crippen LogP contribution in [0.25, 0.3) is 6.08 Å². The van der Waals surface area contributed by atoms with Crippen LogP contribution in [0.1, 0.15) is 69.8 Å². The monoisotopic (exact) mass is 343 g/mol. The minimum Gasteiger partial charge on any atom is -0.504 e. The summed E-state index contributed by atoms with van der Waals surface area (Å²) >= 11 is 0. The lowest BCUT2D eigenvalue weighted by atomic mass is 9.88. The number of nitrogens with zero attached hydrogens (tertiary/aromatic N) is 1. The third-order valence-electron chi connectivity index (χ3n) is 5.61. The van der Waals surface area contributed by atoms with Crippen molar-refractivity contribution < 1.29 is 15.0 Å². The minimum atomic E-state index is -0.161. The van der Waals surface area contributed by atoms with Gasteiger partial charge in [0.1, 0.15) is 0 Å². The molecular formula is C21H29NO3. The van der Waals surface area contributed by atoms with Gasteiger partial charge in [-0.3, -0.25) is 4.79 Å². The first-order chi connectivity index (χ1) is 12.1. The van der Waals surface area contributed by atoms with Gasteiger partial charge in [0, 0.05) is 18.2 Å². The molecule has 2 fully saturated rings. The molecule has 0 saturated heterocycles. The molecule has 0 bridgehead atoms. The van der Waals surface area contributed by atoms with E-state index in [9.17, 15) is 15.0 Å². The van der Waals surface area contributed by atoms with Crippen LogP contribution in [0, 0.1) is 0 Å². The van der Waals surface area contributed by atoms with E-state index in [0.717, 1.165) is 31.2 Å². The average Bonchev–Trinajstić information content (AvgIpc) is 2.65. The van der Waals surface area contributed by atoms with Crippen molar-refractivity contribution in [2.75, 3.05) is 0 Å². The van der Waals surface area contributed by atoms with Gasteiger partial charge in [-0.15, -0.1) is 0 Å². The molecule has 0 atom stereocenters. The Kier molecular flexibility index (Phi) is 6.00. The van der Waals surface area contributed by atoms with E-state index in [1.807, 2.05) is 0 Å². The van der Waals surface area contributed by atoms with Crippen LogP contribution in [0.15, 0.2) is 24.3 Å². The van der Waals surface area contributed by atoms with Gasteiger partial charge in [0.05, 0.1) is 0 Å². The molecule has 3 rings (SSSR count). The van der Waals surface area contributed by atoms with Crippen LogP contribution < -0.4 is 0 Å². The molecule has 1 aromatic carbocycles. The lowest BCUT2D eigenvalue weighted by molar-refractivity contribution is -0.132. The molecule has 0 aliphatic heterocycles. The molecule has 2 aliphatic carbocycles. The van der Waals surface area contributed by atoms with Crippen LogP contribution in [0.2, 0.25) is 0 Å². The molecule has 0 unspecified atom stereocenters. The summed E-state index contributed by atoms with van der Waals surface area (Å²) in [5.74, 6) is -0.216. The van der Waals surface area contributed by atoms with Gasteiger partial charge in [0.25, 0.3) is 0 Å². The summed E-state index contributed by atoms with van der Waals surface area (Å²) in [6.45, 7) is 0. The molecule has 4 nitrogen and oxygen atoms in total. The second-order valence-corrected chi connectivity index (χ2v) is 7.41. The van der Waals surface area contributed by atoms with E-state index >= 15 is 0 Å². The predicted molar refractivity (Wildman–Crippen MR) is 99.4 cm³/mol. The Labute approximate surface area is 150 Å². The maximum absolute atomic E-state index is 13.0. The summed E-state index contributed by atoms with van der Waals surface area (Å²) in [4.78, 5) is 15.2. The molecular weight excluding hydrogens is 314 g/mol. The van der Waals surface area contributed by atoms with E-state index in [-0.39, 0.29) is 17.4 Å². The fourth-order valence-corrected chi connectivity index (χ4v) is 4.27. The molecule has 2 saturated carbocycles. The van der Waals surface area contributed by atoms with Crippen molar-refractivity contribution in [1.82, 2.24) is 4.90 Å². The highest BCUT2D eigenvalue weighted by atomic mass is 16.3. The molecule has 0 aromatic heterocycles. The van der Waals surface area contributed by atoms with Crippen LogP contribution in [-0.2, 0) is 4.79 Å². The zero-order valence-electron chi connectivity index (χ0n) is 14.9. The second kappa shape index (κ2) is 8.41. The molecule has 0 radical (unpaired) electrons. The van der Waals surface area contributed by atoms with Crippen LogP contribution in [0.5, 0.6) is 11.5 Å². The van der Waals surface area contributed by atoms with E-state index in [1.54, 1.807) is 18.2 Å². The minimum absolute atomic E-state index is 0.0892. The van der Waals surface area contributed by atoms with Gasteiger partial charge in [-0.1, -0.05) is 44.6 Å². The highest BCUT2D eigenvalue weighted by molar-refractivity contribution is 5.92. The maximum atomic E-state index is 13.0. The third-order valence-corrected chi connectivity index (χ3v) is 5.61. The fourth-order valence-electron chi connectivity index (χ4n) is 4.27. The van der Waals surface area contributed by atoms with Gasteiger partial charge in [0.15, 0.2) is 11.5 Å². The summed E-state index contributed by atoms with van der Waals surface area (Å²) in [6.07, 6.45) is 15.3. The van der Waals surface area contributed by atoms with Gasteiger partial charge in [-0.2, -0.15) is 0 Å². The number of hydrogen-bond donors (Lipinski definition) is 2. The largest absolute Gasteiger partial charge is 0.504 e. The quantitative estimate of drug-likeness (QED) is 0.620. The fraction of sp³-hybridized carbons (Fsp3) is 0.571. The van der Waals surface area contributed by atoms with Crippen molar-refractivity contribution in [3.8, 4) is 11.5 Å². The number of phenols is 2. The Hall–Kier alpha value is -1.97. The van der Waals surface area contributed by atoms with Gasteiger partial charge in [-0.05, 0) is 49.5 Å². The van der Waals surface area contributed by atoms with Crippen LogP contribution in [0.3, 0.4) is 0 Å². The first-order valence-corrected chi connectivity index (χ1v) is 9.67. The van der Waals surface area contributed by atoms with Crippen molar-refractivity contribution in [2.45, 2.75) is 76.3 Å². The van der Waals surface area contributed by atoms with Crippen molar-refractivity contribution >= 4 is 12.0 Å². The molecule has 1 amide bonds. The number of hydrogen-bond acceptors (Lipinski definition) is 3. The highest BCUT2D eigenvalue weighted by Gasteiger charge is 2.31. The van der Waals surface area contributed by atoms with Crippen LogP contribution in [0.4, 0.5) is 0 Å². The number of amides is 1. The Balaban J connectivity index is 1.75. The topological polar surface area (TPSA) is 60.8 Å². The van der Waals surface area contributed by atoms with Crippen molar-refractivity contribution in [2.24, 2.45) is 0 Å². The molecule has 4 heteroatoms. The Bertz CT molecular complexity index is 596.